The molecule has 0 aromatic carbocycles. The summed E-state index contributed by atoms with van der Waals surface area (Å²) in [6.07, 6.45) is 6.47. The molecule has 0 radical (unpaired) electrons. The molecule has 0 aromatic heterocycles. The van der Waals surface area contributed by atoms with Crippen molar-refractivity contribution in [3.8, 4) is 0 Å². The minimum atomic E-state index is 0.163. The molecular formula is C12H20O3. The zero-order chi connectivity index (χ0) is 10.1. The highest BCUT2D eigenvalue weighted by Crippen LogP contribution is 2.39. The fourth-order valence-electron chi connectivity index (χ4n) is 3.00. The number of rotatable bonds is 2. The summed E-state index contributed by atoms with van der Waals surface area (Å²) in [7, 11) is 0. The fourth-order valence-corrected chi connectivity index (χ4v) is 3.00. The molecule has 0 bridgehead atoms. The van der Waals surface area contributed by atoms with Crippen LogP contribution in [-0.2, 0) is 14.2 Å². The van der Waals surface area contributed by atoms with Crippen molar-refractivity contribution in [3.63, 3.8) is 0 Å². The Morgan fingerprint density at radius 3 is 2.67 bits per heavy atom. The van der Waals surface area contributed by atoms with Gasteiger partial charge in [0, 0.05) is 19.8 Å². The lowest BCUT2D eigenvalue weighted by Crippen LogP contribution is -2.44. The van der Waals surface area contributed by atoms with E-state index in [0.717, 1.165) is 45.2 Å². The predicted molar refractivity (Wildman–Crippen MR) is 55.8 cm³/mol. The first-order valence-electron chi connectivity index (χ1n) is 6.20. The van der Waals surface area contributed by atoms with Gasteiger partial charge in [-0.05, 0) is 38.0 Å². The second-order valence-corrected chi connectivity index (χ2v) is 5.19. The average molecular weight is 212 g/mol. The van der Waals surface area contributed by atoms with E-state index in [4.69, 9.17) is 14.2 Å². The van der Waals surface area contributed by atoms with E-state index >= 15 is 0 Å². The van der Waals surface area contributed by atoms with Crippen LogP contribution in [0.2, 0.25) is 0 Å². The summed E-state index contributed by atoms with van der Waals surface area (Å²) in [6.45, 7) is 3.70. The molecule has 0 amide bonds. The van der Waals surface area contributed by atoms with Crippen LogP contribution in [0, 0.1) is 5.92 Å². The van der Waals surface area contributed by atoms with E-state index in [9.17, 15) is 0 Å². The summed E-state index contributed by atoms with van der Waals surface area (Å²) >= 11 is 0. The van der Waals surface area contributed by atoms with Crippen molar-refractivity contribution in [1.82, 2.24) is 0 Å². The Bertz CT molecular complexity index is 213. The van der Waals surface area contributed by atoms with E-state index in [-0.39, 0.29) is 5.60 Å². The van der Waals surface area contributed by atoms with Crippen LogP contribution in [0.1, 0.15) is 32.1 Å². The monoisotopic (exact) mass is 212 g/mol. The quantitative estimate of drug-likeness (QED) is 0.653. The number of hydrogen-bond acceptors (Lipinski definition) is 3. The van der Waals surface area contributed by atoms with E-state index in [1.165, 1.54) is 19.3 Å². The van der Waals surface area contributed by atoms with E-state index in [0.29, 0.717) is 6.10 Å². The molecule has 3 aliphatic heterocycles. The molecule has 15 heavy (non-hydrogen) atoms. The van der Waals surface area contributed by atoms with E-state index < -0.39 is 0 Å². The van der Waals surface area contributed by atoms with Crippen LogP contribution in [0.15, 0.2) is 0 Å². The maximum Gasteiger partial charge on any atom is 0.0812 e. The third-order valence-corrected chi connectivity index (χ3v) is 4.00. The van der Waals surface area contributed by atoms with Gasteiger partial charge in [0.05, 0.1) is 18.3 Å². The topological polar surface area (TPSA) is 31.0 Å². The zero-order valence-electron chi connectivity index (χ0n) is 9.24. The second-order valence-electron chi connectivity index (χ2n) is 5.19. The fraction of sp³-hybridized carbons (Fsp3) is 1.00. The second kappa shape index (κ2) is 4.04. The first kappa shape index (κ1) is 10.1. The summed E-state index contributed by atoms with van der Waals surface area (Å²) in [5.41, 5.74) is 0.163. The third kappa shape index (κ3) is 2.35. The zero-order valence-corrected chi connectivity index (χ0v) is 9.24. The Morgan fingerprint density at radius 1 is 1.13 bits per heavy atom. The first-order valence-corrected chi connectivity index (χ1v) is 6.20. The van der Waals surface area contributed by atoms with Gasteiger partial charge in [-0.2, -0.15) is 0 Å². The lowest BCUT2D eigenvalue weighted by Gasteiger charge is -2.43. The number of ether oxygens (including phenoxy) is 3. The Hall–Kier alpha value is -0.120. The molecule has 0 aliphatic carbocycles. The van der Waals surface area contributed by atoms with Crippen molar-refractivity contribution in [1.29, 1.82) is 0 Å². The van der Waals surface area contributed by atoms with Crippen LogP contribution in [0.25, 0.3) is 0 Å². The summed E-state index contributed by atoms with van der Waals surface area (Å²) in [4.78, 5) is 0. The summed E-state index contributed by atoms with van der Waals surface area (Å²) in [6, 6.07) is 0. The summed E-state index contributed by atoms with van der Waals surface area (Å²) in [5, 5.41) is 0. The highest BCUT2D eigenvalue weighted by atomic mass is 16.6. The molecule has 3 heteroatoms. The van der Waals surface area contributed by atoms with Crippen LogP contribution < -0.4 is 0 Å². The molecule has 0 aromatic rings. The molecule has 3 fully saturated rings. The van der Waals surface area contributed by atoms with Crippen molar-refractivity contribution in [2.24, 2.45) is 5.92 Å². The Labute approximate surface area is 91.1 Å². The van der Waals surface area contributed by atoms with Gasteiger partial charge in [0.2, 0.25) is 0 Å². The highest BCUT2D eigenvalue weighted by molar-refractivity contribution is 4.90. The van der Waals surface area contributed by atoms with E-state index in [1.807, 2.05) is 0 Å². The maximum atomic E-state index is 6.02. The Kier molecular flexibility index (Phi) is 2.71. The largest absolute Gasteiger partial charge is 0.381 e. The number of hydrogen-bond donors (Lipinski definition) is 0. The smallest absolute Gasteiger partial charge is 0.0812 e. The summed E-state index contributed by atoms with van der Waals surface area (Å²) < 4.78 is 16.8. The van der Waals surface area contributed by atoms with Crippen molar-refractivity contribution < 1.29 is 14.2 Å². The molecule has 3 heterocycles. The Morgan fingerprint density at radius 2 is 1.93 bits per heavy atom. The van der Waals surface area contributed by atoms with Gasteiger partial charge in [-0.15, -0.1) is 0 Å². The summed E-state index contributed by atoms with van der Waals surface area (Å²) in [5.74, 6) is 0.823. The lowest BCUT2D eigenvalue weighted by atomic mass is 9.79. The number of epoxide rings is 1. The molecule has 3 rings (SSSR count). The van der Waals surface area contributed by atoms with Crippen LogP contribution >= 0.6 is 0 Å². The molecule has 0 N–H and O–H groups in total. The van der Waals surface area contributed by atoms with Crippen LogP contribution in [-0.4, -0.2) is 38.1 Å². The maximum absolute atomic E-state index is 6.02. The third-order valence-electron chi connectivity index (χ3n) is 4.00. The molecule has 2 unspecified atom stereocenters. The predicted octanol–water partition coefficient (Wildman–Crippen LogP) is 1.75. The Balaban J connectivity index is 1.58. The van der Waals surface area contributed by atoms with Crippen LogP contribution in [0.4, 0.5) is 0 Å². The standard InChI is InChI=1S/C12H20O3/c1-4-15-12(2-5-13-6-3-12)8-10(1)7-11-9-14-11/h10-11H,1-9H2. The van der Waals surface area contributed by atoms with Crippen LogP contribution in [0.5, 0.6) is 0 Å². The average Bonchev–Trinajstić information content (AvgIpc) is 3.03. The molecule has 3 nitrogen and oxygen atoms in total. The molecule has 3 saturated heterocycles. The van der Waals surface area contributed by atoms with Gasteiger partial charge >= 0.3 is 0 Å². The van der Waals surface area contributed by atoms with Crippen LogP contribution in [0.3, 0.4) is 0 Å². The van der Waals surface area contributed by atoms with Gasteiger partial charge in [0.15, 0.2) is 0 Å². The SMILES string of the molecule is C1CC2(CCO1)CC(CC1CO1)CCO2. The lowest BCUT2D eigenvalue weighted by molar-refractivity contribution is -0.147. The minimum absolute atomic E-state index is 0.163. The van der Waals surface area contributed by atoms with Gasteiger partial charge in [-0.1, -0.05) is 0 Å². The molecule has 86 valence electrons. The van der Waals surface area contributed by atoms with Gasteiger partial charge in [-0.3, -0.25) is 0 Å². The van der Waals surface area contributed by atoms with Gasteiger partial charge < -0.3 is 14.2 Å². The molecular weight excluding hydrogens is 192 g/mol. The normalized spacial score (nSPS) is 39.2. The van der Waals surface area contributed by atoms with Gasteiger partial charge in [0.1, 0.15) is 0 Å². The minimum Gasteiger partial charge on any atom is -0.381 e. The van der Waals surface area contributed by atoms with Crippen molar-refractivity contribution in [2.45, 2.75) is 43.8 Å². The van der Waals surface area contributed by atoms with Crippen molar-refractivity contribution in [3.05, 3.63) is 0 Å². The van der Waals surface area contributed by atoms with Crippen molar-refractivity contribution in [2.75, 3.05) is 26.4 Å². The molecule has 0 saturated carbocycles. The molecule has 3 aliphatic rings. The molecule has 1 spiro atoms. The molecule has 2 atom stereocenters. The van der Waals surface area contributed by atoms with Gasteiger partial charge in [-0.25, -0.2) is 0 Å². The van der Waals surface area contributed by atoms with E-state index in [1.54, 1.807) is 0 Å². The van der Waals surface area contributed by atoms with E-state index in [2.05, 4.69) is 0 Å². The van der Waals surface area contributed by atoms with Crippen molar-refractivity contribution >= 4 is 0 Å². The highest BCUT2D eigenvalue weighted by Gasteiger charge is 2.40. The first-order chi connectivity index (χ1) is 7.36. The van der Waals surface area contributed by atoms with Gasteiger partial charge in [0.25, 0.3) is 0 Å².